The molecular weight excluding hydrogens is 384 g/mol. The maximum absolute atomic E-state index is 14.1. The molecule has 2 aromatic carbocycles. The lowest BCUT2D eigenvalue weighted by Gasteiger charge is -2.22. The Bertz CT molecular complexity index is 1210. The molecule has 0 atom stereocenters. The third-order valence-corrected chi connectivity index (χ3v) is 4.35. The SMILES string of the molecule is Cn1cc(-c2cc(N)ccc2Oc2ccc(F)cc2F)c2c(c1=O)NC(=O)CO2. The highest BCUT2D eigenvalue weighted by Crippen LogP contribution is 2.42. The van der Waals surface area contributed by atoms with Crippen molar-refractivity contribution in [3.63, 3.8) is 0 Å². The monoisotopic (exact) mass is 399 g/mol. The molecule has 4 rings (SSSR count). The second kappa shape index (κ2) is 6.93. The van der Waals surface area contributed by atoms with Gasteiger partial charge < -0.3 is 25.1 Å². The summed E-state index contributed by atoms with van der Waals surface area (Å²) in [5.74, 6) is -1.90. The molecule has 1 aliphatic heterocycles. The minimum atomic E-state index is -0.876. The summed E-state index contributed by atoms with van der Waals surface area (Å²) in [4.78, 5) is 24.1. The van der Waals surface area contributed by atoms with Gasteiger partial charge in [-0.25, -0.2) is 8.78 Å². The number of benzene rings is 2. The van der Waals surface area contributed by atoms with Crippen molar-refractivity contribution in [2.24, 2.45) is 7.05 Å². The van der Waals surface area contributed by atoms with Gasteiger partial charge in [-0.15, -0.1) is 0 Å². The van der Waals surface area contributed by atoms with Crippen molar-refractivity contribution >= 4 is 17.3 Å². The fourth-order valence-electron chi connectivity index (χ4n) is 3.01. The zero-order valence-electron chi connectivity index (χ0n) is 15.2. The molecule has 2 heterocycles. The molecule has 3 aromatic rings. The number of aromatic nitrogens is 1. The lowest BCUT2D eigenvalue weighted by atomic mass is 10.0. The number of nitrogen functional groups attached to an aromatic ring is 1. The van der Waals surface area contributed by atoms with Gasteiger partial charge in [-0.2, -0.15) is 0 Å². The maximum Gasteiger partial charge on any atom is 0.277 e. The minimum absolute atomic E-state index is 0.0115. The summed E-state index contributed by atoms with van der Waals surface area (Å²) < 4.78 is 39.7. The van der Waals surface area contributed by atoms with Gasteiger partial charge in [0.2, 0.25) is 0 Å². The van der Waals surface area contributed by atoms with Crippen molar-refractivity contribution in [3.8, 4) is 28.4 Å². The smallest absolute Gasteiger partial charge is 0.277 e. The number of carbonyl (C=O) groups excluding carboxylic acids is 1. The predicted octanol–water partition coefficient (Wildman–Crippen LogP) is 3.04. The van der Waals surface area contributed by atoms with E-state index in [0.29, 0.717) is 22.9 Å². The summed E-state index contributed by atoms with van der Waals surface area (Å²) in [6.45, 7) is -0.266. The van der Waals surface area contributed by atoms with Crippen molar-refractivity contribution in [1.29, 1.82) is 0 Å². The van der Waals surface area contributed by atoms with E-state index >= 15 is 0 Å². The normalized spacial score (nSPS) is 12.7. The Hall–Kier alpha value is -3.88. The van der Waals surface area contributed by atoms with E-state index < -0.39 is 23.1 Å². The van der Waals surface area contributed by atoms with E-state index in [-0.39, 0.29) is 29.5 Å². The predicted molar refractivity (Wildman–Crippen MR) is 102 cm³/mol. The summed E-state index contributed by atoms with van der Waals surface area (Å²) in [7, 11) is 1.51. The van der Waals surface area contributed by atoms with Crippen LogP contribution >= 0.6 is 0 Å². The molecule has 1 aromatic heterocycles. The Morgan fingerprint density at radius 1 is 1.10 bits per heavy atom. The van der Waals surface area contributed by atoms with Crippen LogP contribution in [0.25, 0.3) is 11.1 Å². The standard InChI is InChI=1S/C20H15F2N3O4/c1-25-8-13(19-18(20(25)27)24-17(26)9-28-19)12-7-11(23)3-5-15(12)29-16-4-2-10(21)6-14(16)22/h2-8H,9,23H2,1H3,(H,24,26). The Labute approximate surface area is 163 Å². The highest BCUT2D eigenvalue weighted by Gasteiger charge is 2.26. The van der Waals surface area contributed by atoms with Crippen LogP contribution in [0, 0.1) is 11.6 Å². The largest absolute Gasteiger partial charge is 0.481 e. The van der Waals surface area contributed by atoms with Crippen LogP contribution in [0.4, 0.5) is 20.2 Å². The quantitative estimate of drug-likeness (QED) is 0.660. The second-order valence-corrected chi connectivity index (χ2v) is 6.43. The van der Waals surface area contributed by atoms with Gasteiger partial charge in [-0.3, -0.25) is 9.59 Å². The molecule has 148 valence electrons. The van der Waals surface area contributed by atoms with Crippen LogP contribution < -0.4 is 26.1 Å². The molecule has 7 nitrogen and oxygen atoms in total. The van der Waals surface area contributed by atoms with Crippen LogP contribution in [-0.4, -0.2) is 17.1 Å². The van der Waals surface area contributed by atoms with Crippen LogP contribution in [0.5, 0.6) is 17.2 Å². The number of halogens is 2. The summed E-state index contributed by atoms with van der Waals surface area (Å²) in [5, 5.41) is 2.51. The molecule has 0 unspecified atom stereocenters. The Morgan fingerprint density at radius 2 is 1.86 bits per heavy atom. The van der Waals surface area contributed by atoms with E-state index in [1.54, 1.807) is 12.1 Å². The molecule has 3 N–H and O–H groups in total. The molecule has 0 spiro atoms. The average Bonchev–Trinajstić information content (AvgIpc) is 2.68. The van der Waals surface area contributed by atoms with Gasteiger partial charge in [0.05, 0.1) is 0 Å². The molecule has 0 aliphatic carbocycles. The van der Waals surface area contributed by atoms with E-state index in [2.05, 4.69) is 5.32 Å². The fraction of sp³-hybridized carbons (Fsp3) is 0.100. The highest BCUT2D eigenvalue weighted by molar-refractivity contribution is 5.97. The minimum Gasteiger partial charge on any atom is -0.481 e. The first-order valence-electron chi connectivity index (χ1n) is 8.52. The van der Waals surface area contributed by atoms with Crippen molar-refractivity contribution in [3.05, 3.63) is 64.6 Å². The molecule has 0 saturated carbocycles. The third-order valence-electron chi connectivity index (χ3n) is 4.35. The van der Waals surface area contributed by atoms with Gasteiger partial charge in [0.25, 0.3) is 11.5 Å². The molecule has 1 aliphatic rings. The topological polar surface area (TPSA) is 95.6 Å². The van der Waals surface area contributed by atoms with Crippen LogP contribution in [-0.2, 0) is 11.8 Å². The summed E-state index contributed by atoms with van der Waals surface area (Å²) >= 11 is 0. The van der Waals surface area contributed by atoms with Gasteiger partial charge >= 0.3 is 0 Å². The Balaban J connectivity index is 1.89. The van der Waals surface area contributed by atoms with Crippen LogP contribution in [0.1, 0.15) is 0 Å². The number of amides is 1. The molecule has 29 heavy (non-hydrogen) atoms. The van der Waals surface area contributed by atoms with Crippen molar-refractivity contribution in [1.82, 2.24) is 4.57 Å². The molecular formula is C20H15F2N3O4. The van der Waals surface area contributed by atoms with E-state index in [1.165, 1.54) is 23.9 Å². The lowest BCUT2D eigenvalue weighted by molar-refractivity contribution is -0.118. The van der Waals surface area contributed by atoms with Gasteiger partial charge in [0.1, 0.15) is 11.6 Å². The number of hydrogen-bond acceptors (Lipinski definition) is 5. The number of pyridine rings is 1. The lowest BCUT2D eigenvalue weighted by Crippen LogP contribution is -2.32. The molecule has 0 fully saturated rings. The second-order valence-electron chi connectivity index (χ2n) is 6.43. The van der Waals surface area contributed by atoms with Crippen molar-refractivity contribution < 1.29 is 23.0 Å². The third kappa shape index (κ3) is 3.38. The van der Waals surface area contributed by atoms with E-state index in [0.717, 1.165) is 12.1 Å². The van der Waals surface area contributed by atoms with Gasteiger partial charge in [0, 0.05) is 36.1 Å². The molecule has 9 heteroatoms. The van der Waals surface area contributed by atoms with Gasteiger partial charge in [0.15, 0.2) is 29.6 Å². The number of fused-ring (bicyclic) bond motifs is 1. The number of rotatable bonds is 3. The van der Waals surface area contributed by atoms with Crippen molar-refractivity contribution in [2.75, 3.05) is 17.7 Å². The summed E-state index contributed by atoms with van der Waals surface area (Å²) in [6.07, 6.45) is 1.50. The number of nitrogens with zero attached hydrogens (tertiary/aromatic N) is 1. The number of nitrogens with two attached hydrogens (primary N) is 1. The first-order chi connectivity index (χ1) is 13.8. The number of ether oxygens (including phenoxy) is 2. The van der Waals surface area contributed by atoms with Crippen molar-refractivity contribution in [2.45, 2.75) is 0 Å². The van der Waals surface area contributed by atoms with E-state index in [4.69, 9.17) is 15.2 Å². The van der Waals surface area contributed by atoms with Crippen LogP contribution in [0.15, 0.2) is 47.4 Å². The molecule has 0 radical (unpaired) electrons. The number of anilines is 2. The first kappa shape index (κ1) is 18.5. The molecule has 0 saturated heterocycles. The summed E-state index contributed by atoms with van der Waals surface area (Å²) in [6, 6.07) is 7.58. The van der Waals surface area contributed by atoms with Crippen LogP contribution in [0.3, 0.4) is 0 Å². The van der Waals surface area contributed by atoms with E-state index in [9.17, 15) is 18.4 Å². The van der Waals surface area contributed by atoms with Gasteiger partial charge in [-0.05, 0) is 30.3 Å². The number of carbonyl (C=O) groups is 1. The molecule has 0 bridgehead atoms. The number of aryl methyl sites for hydroxylation is 1. The maximum atomic E-state index is 14.1. The zero-order valence-corrected chi connectivity index (χ0v) is 15.2. The number of hydrogen-bond donors (Lipinski definition) is 2. The van der Waals surface area contributed by atoms with E-state index in [1.807, 2.05) is 0 Å². The van der Waals surface area contributed by atoms with Gasteiger partial charge in [-0.1, -0.05) is 0 Å². The Kier molecular flexibility index (Phi) is 4.42. The Morgan fingerprint density at radius 3 is 2.62 bits per heavy atom. The summed E-state index contributed by atoms with van der Waals surface area (Å²) in [5.41, 5.74) is 6.65. The number of nitrogens with one attached hydrogen (secondary N) is 1. The first-order valence-corrected chi connectivity index (χ1v) is 8.52. The average molecular weight is 399 g/mol. The zero-order chi connectivity index (χ0) is 20.7. The highest BCUT2D eigenvalue weighted by atomic mass is 19.1. The molecule has 1 amide bonds. The fourth-order valence-corrected chi connectivity index (χ4v) is 3.01. The van der Waals surface area contributed by atoms with Crippen LogP contribution in [0.2, 0.25) is 0 Å².